The Morgan fingerprint density at radius 1 is 1.19 bits per heavy atom. The van der Waals surface area contributed by atoms with Gasteiger partial charge in [0.05, 0.1) is 29.7 Å². The fraction of sp³-hybridized carbons (Fsp3) is 0.211. The molecule has 8 heteroatoms. The number of carbonyl (C=O) groups is 2. The summed E-state index contributed by atoms with van der Waals surface area (Å²) in [6, 6.07) is 13.9. The number of thioether (sulfide) groups is 1. The van der Waals surface area contributed by atoms with Crippen molar-refractivity contribution >= 4 is 29.3 Å². The smallest absolute Gasteiger partial charge is 0.262 e. The lowest BCUT2D eigenvalue weighted by atomic mass is 10.2. The monoisotopic (exact) mass is 385 g/mol. The SMILES string of the molecule is CCOc1cc(C#N)ccc1OCC(=O)Nc1ccccc1SCC(N)=O. The molecule has 0 aliphatic rings. The molecule has 2 aromatic rings. The number of nitriles is 1. The number of nitrogens with zero attached hydrogens (tertiary/aromatic N) is 1. The molecule has 0 aliphatic carbocycles. The van der Waals surface area contributed by atoms with E-state index in [1.54, 1.807) is 42.5 Å². The minimum Gasteiger partial charge on any atom is -0.490 e. The molecule has 2 aromatic carbocycles. The molecule has 0 unspecified atom stereocenters. The molecule has 27 heavy (non-hydrogen) atoms. The summed E-state index contributed by atoms with van der Waals surface area (Å²) >= 11 is 1.24. The van der Waals surface area contributed by atoms with Crippen molar-refractivity contribution in [1.29, 1.82) is 5.26 Å². The largest absolute Gasteiger partial charge is 0.490 e. The summed E-state index contributed by atoms with van der Waals surface area (Å²) in [7, 11) is 0. The summed E-state index contributed by atoms with van der Waals surface area (Å²) in [6.07, 6.45) is 0. The molecule has 0 saturated carbocycles. The van der Waals surface area contributed by atoms with Crippen LogP contribution in [0.25, 0.3) is 0 Å². The Morgan fingerprint density at radius 2 is 1.96 bits per heavy atom. The third kappa shape index (κ3) is 6.24. The van der Waals surface area contributed by atoms with Crippen LogP contribution in [-0.2, 0) is 9.59 Å². The van der Waals surface area contributed by atoms with Gasteiger partial charge in [0.1, 0.15) is 0 Å². The van der Waals surface area contributed by atoms with Gasteiger partial charge in [0.15, 0.2) is 18.1 Å². The van der Waals surface area contributed by atoms with Crippen LogP contribution in [0.5, 0.6) is 11.5 Å². The van der Waals surface area contributed by atoms with Crippen LogP contribution in [0.15, 0.2) is 47.4 Å². The number of nitrogens with two attached hydrogens (primary N) is 1. The van der Waals surface area contributed by atoms with E-state index in [0.29, 0.717) is 29.4 Å². The van der Waals surface area contributed by atoms with Crippen LogP contribution < -0.4 is 20.5 Å². The number of rotatable bonds is 9. The first kappa shape index (κ1) is 20.1. The summed E-state index contributed by atoms with van der Waals surface area (Å²) in [5, 5.41) is 11.7. The van der Waals surface area contributed by atoms with E-state index in [4.69, 9.17) is 20.5 Å². The average Bonchev–Trinajstić information content (AvgIpc) is 2.66. The zero-order valence-corrected chi connectivity index (χ0v) is 15.5. The van der Waals surface area contributed by atoms with E-state index < -0.39 is 5.91 Å². The highest BCUT2D eigenvalue weighted by molar-refractivity contribution is 8.00. The number of hydrogen-bond donors (Lipinski definition) is 2. The highest BCUT2D eigenvalue weighted by Gasteiger charge is 2.11. The molecule has 2 rings (SSSR count). The van der Waals surface area contributed by atoms with Crippen LogP contribution in [-0.4, -0.2) is 30.8 Å². The van der Waals surface area contributed by atoms with Crippen LogP contribution in [0.3, 0.4) is 0 Å². The summed E-state index contributed by atoms with van der Waals surface area (Å²) in [5.41, 5.74) is 6.18. The molecule has 0 atom stereocenters. The van der Waals surface area contributed by atoms with Crippen LogP contribution in [0, 0.1) is 11.3 Å². The van der Waals surface area contributed by atoms with Crippen molar-refractivity contribution in [2.24, 2.45) is 5.73 Å². The lowest BCUT2D eigenvalue weighted by molar-refractivity contribution is -0.118. The topological polar surface area (TPSA) is 114 Å². The highest BCUT2D eigenvalue weighted by Crippen LogP contribution is 2.29. The van der Waals surface area contributed by atoms with Gasteiger partial charge in [-0.05, 0) is 31.2 Å². The van der Waals surface area contributed by atoms with Crippen molar-refractivity contribution in [2.75, 3.05) is 24.3 Å². The Labute approximate surface area is 161 Å². The van der Waals surface area contributed by atoms with Crippen molar-refractivity contribution in [1.82, 2.24) is 0 Å². The van der Waals surface area contributed by atoms with Crippen LogP contribution in [0.2, 0.25) is 0 Å². The van der Waals surface area contributed by atoms with Gasteiger partial charge in [-0.25, -0.2) is 0 Å². The zero-order valence-electron chi connectivity index (χ0n) is 14.7. The van der Waals surface area contributed by atoms with Crippen molar-refractivity contribution in [3.05, 3.63) is 48.0 Å². The first-order valence-corrected chi connectivity index (χ1v) is 9.11. The molecule has 0 radical (unpaired) electrons. The Kier molecular flexibility index (Phi) is 7.52. The maximum Gasteiger partial charge on any atom is 0.262 e. The van der Waals surface area contributed by atoms with Crippen LogP contribution in [0.1, 0.15) is 12.5 Å². The summed E-state index contributed by atoms with van der Waals surface area (Å²) < 4.78 is 11.0. The molecule has 0 bridgehead atoms. The molecule has 0 saturated heterocycles. The molecule has 7 nitrogen and oxygen atoms in total. The lowest BCUT2D eigenvalue weighted by Gasteiger charge is -2.13. The average molecular weight is 385 g/mol. The van der Waals surface area contributed by atoms with Crippen molar-refractivity contribution < 1.29 is 19.1 Å². The van der Waals surface area contributed by atoms with Gasteiger partial charge in [0.25, 0.3) is 5.91 Å². The van der Waals surface area contributed by atoms with Crippen molar-refractivity contribution in [2.45, 2.75) is 11.8 Å². The van der Waals surface area contributed by atoms with E-state index in [9.17, 15) is 9.59 Å². The predicted octanol–water partition coefficient (Wildman–Crippen LogP) is 2.55. The van der Waals surface area contributed by atoms with Gasteiger partial charge in [-0.15, -0.1) is 11.8 Å². The maximum atomic E-state index is 12.2. The lowest BCUT2D eigenvalue weighted by Crippen LogP contribution is -2.21. The van der Waals surface area contributed by atoms with E-state index in [1.165, 1.54) is 11.8 Å². The van der Waals surface area contributed by atoms with Crippen molar-refractivity contribution in [3.8, 4) is 17.6 Å². The normalized spacial score (nSPS) is 9.93. The number of para-hydroxylation sites is 1. The van der Waals surface area contributed by atoms with Gasteiger partial charge < -0.3 is 20.5 Å². The first-order valence-electron chi connectivity index (χ1n) is 8.13. The number of carbonyl (C=O) groups excluding carboxylic acids is 2. The molecule has 0 aliphatic heterocycles. The minimum atomic E-state index is -0.436. The van der Waals surface area contributed by atoms with Gasteiger partial charge in [-0.1, -0.05) is 12.1 Å². The number of primary amides is 1. The van der Waals surface area contributed by atoms with Gasteiger partial charge in [-0.2, -0.15) is 5.26 Å². The molecular weight excluding hydrogens is 366 g/mol. The quantitative estimate of drug-likeness (QED) is 0.641. The van der Waals surface area contributed by atoms with E-state index in [0.717, 1.165) is 4.90 Å². The maximum absolute atomic E-state index is 12.2. The predicted molar refractivity (Wildman–Crippen MR) is 103 cm³/mol. The summed E-state index contributed by atoms with van der Waals surface area (Å²) in [4.78, 5) is 23.9. The summed E-state index contributed by atoms with van der Waals surface area (Å²) in [6.45, 7) is 1.99. The Hall–Kier alpha value is -3.18. The second kappa shape index (κ2) is 10.1. The summed E-state index contributed by atoms with van der Waals surface area (Å²) in [5.74, 6) is 0.0959. The third-order valence-corrected chi connectivity index (χ3v) is 4.36. The van der Waals surface area contributed by atoms with E-state index in [1.807, 2.05) is 13.0 Å². The molecule has 140 valence electrons. The number of benzene rings is 2. The molecule has 0 aromatic heterocycles. The number of amides is 2. The Bertz CT molecular complexity index is 864. The second-order valence-corrected chi connectivity index (χ2v) is 6.31. The Balaban J connectivity index is 2.01. The number of nitrogens with one attached hydrogen (secondary N) is 1. The van der Waals surface area contributed by atoms with E-state index in [2.05, 4.69) is 5.32 Å². The Morgan fingerprint density at radius 3 is 2.67 bits per heavy atom. The molecule has 2 amide bonds. The fourth-order valence-corrected chi connectivity index (χ4v) is 2.89. The zero-order chi connectivity index (χ0) is 19.6. The minimum absolute atomic E-state index is 0.117. The molecule has 0 spiro atoms. The number of hydrogen-bond acceptors (Lipinski definition) is 6. The standard InChI is InChI=1S/C19H19N3O4S/c1-2-25-16-9-13(10-20)7-8-15(16)26-11-19(24)22-14-5-3-4-6-17(14)27-12-18(21)23/h3-9H,2,11-12H2,1H3,(H2,21,23)(H,22,24). The first-order chi connectivity index (χ1) is 13.0. The van der Waals surface area contributed by atoms with Crippen molar-refractivity contribution in [3.63, 3.8) is 0 Å². The van der Waals surface area contributed by atoms with Gasteiger partial charge in [0.2, 0.25) is 5.91 Å². The highest BCUT2D eigenvalue weighted by atomic mass is 32.2. The van der Waals surface area contributed by atoms with Gasteiger partial charge in [0, 0.05) is 11.0 Å². The third-order valence-electron chi connectivity index (χ3n) is 3.26. The number of anilines is 1. The fourth-order valence-electron chi connectivity index (χ4n) is 2.14. The number of ether oxygens (including phenoxy) is 2. The van der Waals surface area contributed by atoms with Gasteiger partial charge in [-0.3, -0.25) is 9.59 Å². The molecule has 0 fully saturated rings. The van der Waals surface area contributed by atoms with Crippen LogP contribution >= 0.6 is 11.8 Å². The molecular formula is C19H19N3O4S. The van der Waals surface area contributed by atoms with Gasteiger partial charge >= 0.3 is 0 Å². The van der Waals surface area contributed by atoms with E-state index >= 15 is 0 Å². The van der Waals surface area contributed by atoms with E-state index in [-0.39, 0.29) is 18.3 Å². The second-order valence-electron chi connectivity index (χ2n) is 5.29. The molecule has 3 N–H and O–H groups in total. The molecule has 0 heterocycles. The van der Waals surface area contributed by atoms with Crippen LogP contribution in [0.4, 0.5) is 5.69 Å².